The second kappa shape index (κ2) is 6.85. The normalized spacial score (nSPS) is 11.4. The second-order valence-electron chi connectivity index (χ2n) is 3.91. The molecule has 18 heavy (non-hydrogen) atoms. The SMILES string of the molecule is C[CH-]c1ccccc1[S@@](=O)c1ccc(C)cc1.[Li+]. The molecule has 0 aliphatic rings. The summed E-state index contributed by atoms with van der Waals surface area (Å²) in [5.41, 5.74) is 2.22. The summed E-state index contributed by atoms with van der Waals surface area (Å²) >= 11 is 0. The van der Waals surface area contributed by atoms with Crippen LogP contribution in [-0.4, -0.2) is 4.21 Å². The number of hydrogen-bond acceptors (Lipinski definition) is 1. The Kier molecular flexibility index (Phi) is 5.75. The second-order valence-corrected chi connectivity index (χ2v) is 5.36. The number of hydrogen-bond donors (Lipinski definition) is 0. The van der Waals surface area contributed by atoms with Gasteiger partial charge in [-0.05, 0) is 19.1 Å². The Balaban J connectivity index is 0.00000162. The van der Waals surface area contributed by atoms with E-state index in [-0.39, 0.29) is 18.9 Å². The molecular formula is C15H15LiOS. The Bertz CT molecular complexity index is 534. The van der Waals surface area contributed by atoms with Gasteiger partial charge in [0, 0.05) is 15.7 Å². The van der Waals surface area contributed by atoms with Gasteiger partial charge in [-0.15, -0.1) is 12.1 Å². The first-order valence-corrected chi connectivity index (χ1v) is 6.74. The van der Waals surface area contributed by atoms with Crippen LogP contribution < -0.4 is 18.9 Å². The minimum atomic E-state index is -1.10. The maximum absolute atomic E-state index is 12.4. The third-order valence-electron chi connectivity index (χ3n) is 2.66. The Morgan fingerprint density at radius 2 is 1.61 bits per heavy atom. The first-order chi connectivity index (χ1) is 8.22. The molecule has 2 aromatic rings. The molecule has 0 saturated heterocycles. The van der Waals surface area contributed by atoms with Gasteiger partial charge in [0.1, 0.15) is 0 Å². The Morgan fingerprint density at radius 3 is 2.22 bits per heavy atom. The molecular weight excluding hydrogens is 235 g/mol. The van der Waals surface area contributed by atoms with Crippen molar-refractivity contribution in [3.63, 3.8) is 0 Å². The van der Waals surface area contributed by atoms with Crippen LogP contribution in [-0.2, 0) is 10.8 Å². The van der Waals surface area contributed by atoms with Crippen molar-refractivity contribution >= 4 is 10.8 Å². The molecule has 0 aliphatic heterocycles. The van der Waals surface area contributed by atoms with Crippen LogP contribution >= 0.6 is 0 Å². The molecule has 0 saturated carbocycles. The third-order valence-corrected chi connectivity index (χ3v) is 4.14. The standard InChI is InChI=1S/C15H15OS.Li/c1-3-13-6-4-5-7-15(13)17(16)14-10-8-12(2)9-11-14;/h3-11H,1-2H3;/q-1;+1/t17-;/m0./s1. The number of benzene rings is 2. The summed E-state index contributed by atoms with van der Waals surface area (Å²) in [6.45, 7) is 3.99. The minimum absolute atomic E-state index is 0. The van der Waals surface area contributed by atoms with E-state index in [0.29, 0.717) is 0 Å². The molecule has 0 spiro atoms. The molecule has 1 atom stereocenters. The first-order valence-electron chi connectivity index (χ1n) is 5.59. The van der Waals surface area contributed by atoms with Gasteiger partial charge in [-0.25, -0.2) is 0 Å². The zero-order valence-corrected chi connectivity index (χ0v) is 11.8. The molecule has 1 nitrogen and oxygen atoms in total. The van der Waals surface area contributed by atoms with Crippen LogP contribution in [0.3, 0.4) is 0 Å². The molecule has 0 fully saturated rings. The van der Waals surface area contributed by atoms with Crippen LogP contribution in [0.5, 0.6) is 0 Å². The van der Waals surface area contributed by atoms with Gasteiger partial charge in [-0.2, -0.15) is 18.1 Å². The summed E-state index contributed by atoms with van der Waals surface area (Å²) in [6, 6.07) is 15.6. The van der Waals surface area contributed by atoms with Crippen molar-refractivity contribution in [3.8, 4) is 0 Å². The maximum atomic E-state index is 12.4. The van der Waals surface area contributed by atoms with Crippen molar-refractivity contribution in [1.29, 1.82) is 0 Å². The van der Waals surface area contributed by atoms with Crippen LogP contribution in [0.25, 0.3) is 0 Å². The molecule has 0 N–H and O–H groups in total. The van der Waals surface area contributed by atoms with E-state index < -0.39 is 10.8 Å². The van der Waals surface area contributed by atoms with Crippen molar-refractivity contribution in [1.82, 2.24) is 0 Å². The molecule has 2 rings (SSSR count). The molecule has 0 bridgehead atoms. The molecule has 3 heteroatoms. The van der Waals surface area contributed by atoms with Gasteiger partial charge in [0.25, 0.3) is 0 Å². The average Bonchev–Trinajstić information content (AvgIpc) is 2.39. The third kappa shape index (κ3) is 3.29. The van der Waals surface area contributed by atoms with E-state index in [1.165, 1.54) is 5.56 Å². The maximum Gasteiger partial charge on any atom is 1.00 e. The fourth-order valence-electron chi connectivity index (χ4n) is 1.68. The topological polar surface area (TPSA) is 17.1 Å². The van der Waals surface area contributed by atoms with Crippen molar-refractivity contribution in [2.75, 3.05) is 0 Å². The minimum Gasteiger partial charge on any atom is -0.263 e. The fourth-order valence-corrected chi connectivity index (χ4v) is 2.92. The van der Waals surface area contributed by atoms with E-state index in [9.17, 15) is 4.21 Å². The zero-order chi connectivity index (χ0) is 12.3. The predicted octanol–water partition coefficient (Wildman–Crippen LogP) is 0.738. The van der Waals surface area contributed by atoms with Crippen LogP contribution in [0.15, 0.2) is 58.3 Å². The molecule has 0 aromatic heterocycles. The summed E-state index contributed by atoms with van der Waals surface area (Å²) < 4.78 is 12.4. The van der Waals surface area contributed by atoms with E-state index in [4.69, 9.17) is 0 Å². The molecule has 88 valence electrons. The Morgan fingerprint density at radius 1 is 1.00 bits per heavy atom. The molecule has 0 unspecified atom stereocenters. The average molecular weight is 250 g/mol. The van der Waals surface area contributed by atoms with Crippen LogP contribution in [0, 0.1) is 13.3 Å². The molecule has 0 aliphatic carbocycles. The summed E-state index contributed by atoms with van der Waals surface area (Å²) in [5.74, 6) is 0. The Labute approximate surface area is 123 Å². The van der Waals surface area contributed by atoms with Crippen LogP contribution in [0.1, 0.15) is 18.1 Å². The zero-order valence-electron chi connectivity index (χ0n) is 11.0. The van der Waals surface area contributed by atoms with Gasteiger partial charge in [-0.1, -0.05) is 35.6 Å². The predicted molar refractivity (Wildman–Crippen MR) is 71.4 cm³/mol. The van der Waals surface area contributed by atoms with Gasteiger partial charge in [0.2, 0.25) is 0 Å². The van der Waals surface area contributed by atoms with E-state index >= 15 is 0 Å². The van der Waals surface area contributed by atoms with E-state index in [1.807, 2.05) is 68.8 Å². The molecule has 0 radical (unpaired) electrons. The van der Waals surface area contributed by atoms with Gasteiger partial charge < -0.3 is 0 Å². The van der Waals surface area contributed by atoms with E-state index in [1.54, 1.807) is 0 Å². The van der Waals surface area contributed by atoms with Crippen LogP contribution in [0.4, 0.5) is 0 Å². The summed E-state index contributed by atoms with van der Waals surface area (Å²) in [5, 5.41) is 0. The van der Waals surface area contributed by atoms with Gasteiger partial charge in [-0.3, -0.25) is 4.21 Å². The van der Waals surface area contributed by atoms with E-state index in [2.05, 4.69) is 0 Å². The van der Waals surface area contributed by atoms with Crippen molar-refractivity contribution in [3.05, 3.63) is 66.1 Å². The monoisotopic (exact) mass is 250 g/mol. The number of rotatable bonds is 3. The molecule has 0 heterocycles. The fraction of sp³-hybridized carbons (Fsp3) is 0.133. The van der Waals surface area contributed by atoms with Gasteiger partial charge >= 0.3 is 18.9 Å². The summed E-state index contributed by atoms with van der Waals surface area (Å²) in [6.07, 6.45) is 1.99. The quantitative estimate of drug-likeness (QED) is 0.580. The van der Waals surface area contributed by atoms with E-state index in [0.717, 1.165) is 15.4 Å². The summed E-state index contributed by atoms with van der Waals surface area (Å²) in [7, 11) is -1.10. The van der Waals surface area contributed by atoms with Crippen molar-refractivity contribution < 1.29 is 23.1 Å². The molecule has 2 aromatic carbocycles. The van der Waals surface area contributed by atoms with Gasteiger partial charge in [0.15, 0.2) is 0 Å². The first kappa shape index (κ1) is 15.1. The largest absolute Gasteiger partial charge is 1.00 e. The van der Waals surface area contributed by atoms with Crippen molar-refractivity contribution in [2.45, 2.75) is 23.6 Å². The Hall–Kier alpha value is -0.943. The van der Waals surface area contributed by atoms with Crippen molar-refractivity contribution in [2.24, 2.45) is 0 Å². The molecule has 0 amide bonds. The van der Waals surface area contributed by atoms with Gasteiger partial charge in [0.05, 0.1) is 0 Å². The summed E-state index contributed by atoms with van der Waals surface area (Å²) in [4.78, 5) is 1.73. The number of aryl methyl sites for hydroxylation is 1. The smallest absolute Gasteiger partial charge is 0.263 e. The van der Waals surface area contributed by atoms with Crippen LogP contribution in [0.2, 0.25) is 0 Å².